The molecule has 0 aliphatic rings. The number of hydrogen-bond acceptors (Lipinski definition) is 0. The molecule has 0 bridgehead atoms. The van der Waals surface area contributed by atoms with Gasteiger partial charge in [0.2, 0.25) is 0 Å². The molecule has 0 spiro atoms. The maximum absolute atomic E-state index is 6.55. The van der Waals surface area contributed by atoms with Gasteiger partial charge in [0.25, 0.3) is 0 Å². The lowest BCUT2D eigenvalue weighted by Crippen LogP contribution is -1.21. The van der Waals surface area contributed by atoms with Crippen LogP contribution < -0.4 is 0 Å². The summed E-state index contributed by atoms with van der Waals surface area (Å²) in [7, 11) is 0. The Hall–Kier alpha value is -0.520. The average molecular weight is 56.1 g/mol. The Balaban J connectivity index is 3.57. The van der Waals surface area contributed by atoms with Crippen molar-refractivity contribution in [2.24, 2.45) is 0 Å². The molecule has 0 atom stereocenters. The zero-order valence-corrected chi connectivity index (χ0v) is 2.41. The molecule has 0 nitrogen and oxygen atoms in total. The molecule has 0 rings (SSSR count). The van der Waals surface area contributed by atoms with Gasteiger partial charge in [0, 0.05) is 0 Å². The van der Waals surface area contributed by atoms with Crippen molar-refractivity contribution in [1.82, 2.24) is 0 Å². The molecule has 0 aromatic heterocycles. The molecule has 0 saturated carbocycles. The van der Waals surface area contributed by atoms with E-state index in [-0.39, 0.29) is 12.1 Å². The maximum Gasteiger partial charge on any atom is 0.0616 e. The first-order chi connectivity index (χ1) is 2.64. The first-order valence-electron chi connectivity index (χ1n) is 1.96. The molecule has 0 fully saturated rings. The van der Waals surface area contributed by atoms with E-state index in [0.29, 0.717) is 0 Å². The molecule has 0 aromatic carbocycles. The van der Waals surface area contributed by atoms with Gasteiger partial charge >= 0.3 is 0 Å². The van der Waals surface area contributed by atoms with Crippen molar-refractivity contribution in [3.05, 3.63) is 25.3 Å². The fourth-order valence-electron chi connectivity index (χ4n) is 0. The van der Waals surface area contributed by atoms with Crippen LogP contribution in [-0.4, -0.2) is 0 Å². The lowest BCUT2D eigenvalue weighted by atomic mass is 10.6. The Kier molecular flexibility index (Phi) is 0.661. The molecule has 4 heavy (non-hydrogen) atoms. The van der Waals surface area contributed by atoms with Gasteiger partial charge < -0.3 is 0 Å². The van der Waals surface area contributed by atoms with E-state index in [4.69, 9.17) is 2.74 Å². The van der Waals surface area contributed by atoms with E-state index in [1.54, 1.807) is 0 Å². The van der Waals surface area contributed by atoms with Crippen LogP contribution in [0.5, 0.6) is 0 Å². The summed E-state index contributed by atoms with van der Waals surface area (Å²) in [6.45, 7) is 6.27. The highest BCUT2D eigenvalue weighted by Crippen LogP contribution is 1.52. The van der Waals surface area contributed by atoms with Crippen LogP contribution in [-0.2, 0) is 0 Å². The second kappa shape index (κ2) is 2.48. The summed E-state index contributed by atoms with van der Waals surface area (Å²) >= 11 is 0. The summed E-state index contributed by atoms with van der Waals surface area (Å²) in [5.74, 6) is 0. The summed E-state index contributed by atoms with van der Waals surface area (Å²) in [6, 6.07) is -0.0370. The molecule has 22 valence electrons. The van der Waals surface area contributed by atoms with Crippen LogP contribution in [0, 0.1) is 0 Å². The monoisotopic (exact) mass is 56.1 g/mol. The Morgan fingerprint density at radius 3 is 1.75 bits per heavy atom. The van der Waals surface area contributed by atoms with Gasteiger partial charge in [0.1, 0.15) is 0 Å². The second-order valence-electron chi connectivity index (χ2n) is 0.354. The summed E-state index contributed by atoms with van der Waals surface area (Å²) in [6.07, 6.45) is 0. The first-order valence-corrected chi connectivity index (χ1v) is 0.957. The largest absolute Gasteiger partial charge is 0.0991 e. The molecule has 0 aliphatic heterocycles. The van der Waals surface area contributed by atoms with Crippen molar-refractivity contribution in [2.45, 2.75) is 0 Å². The third-order valence-electron chi connectivity index (χ3n) is 0.125. The van der Waals surface area contributed by atoms with Crippen LogP contribution in [0.4, 0.5) is 0 Å². The molecule has 0 heteroatoms. The van der Waals surface area contributed by atoms with Crippen LogP contribution in [0.25, 0.3) is 0 Å². The molecule has 0 N–H and O–H groups in total. The lowest BCUT2D eigenvalue weighted by molar-refractivity contribution is 2.15. The van der Waals surface area contributed by atoms with Crippen molar-refractivity contribution in [2.75, 3.05) is 0 Å². The highest BCUT2D eigenvalue weighted by molar-refractivity contribution is 4.88. The van der Waals surface area contributed by atoms with Crippen molar-refractivity contribution in [3.63, 3.8) is 0 Å². The van der Waals surface area contributed by atoms with Gasteiger partial charge in [0.15, 0.2) is 0 Å². The highest BCUT2D eigenvalue weighted by atomic mass is 13.4. The van der Waals surface area contributed by atoms with E-state index < -0.39 is 0 Å². The number of hydrogen-bond donors (Lipinski definition) is 0. The summed E-state index contributed by atoms with van der Waals surface area (Å²) in [5.41, 5.74) is 0. The topological polar surface area (TPSA) is 0 Å². The molecule has 0 heterocycles. The van der Waals surface area contributed by atoms with Gasteiger partial charge in [-0.3, -0.25) is 0 Å². The smallest absolute Gasteiger partial charge is 0.0616 e. The van der Waals surface area contributed by atoms with Crippen LogP contribution in [0.2, 0.25) is 0 Å². The van der Waals surface area contributed by atoms with E-state index >= 15 is 0 Å². The average Bonchev–Trinajstić information content (AvgIpc) is 1.36. The summed E-state index contributed by atoms with van der Waals surface area (Å²) < 4.78 is 13.1. The standard InChI is InChI=1S/C4H6/c1-3-4-2/h3-4H,1-2H2/i3D,4D. The fourth-order valence-corrected chi connectivity index (χ4v) is 0. The van der Waals surface area contributed by atoms with Crippen LogP contribution >= 0.6 is 0 Å². The Bertz CT molecular complexity index is 71.5. The minimum atomic E-state index is -0.0185. The van der Waals surface area contributed by atoms with E-state index in [9.17, 15) is 0 Å². The second-order valence-corrected chi connectivity index (χ2v) is 0.354. The van der Waals surface area contributed by atoms with Crippen molar-refractivity contribution in [1.29, 1.82) is 0 Å². The third-order valence-corrected chi connectivity index (χ3v) is 0.125. The van der Waals surface area contributed by atoms with Crippen molar-refractivity contribution < 1.29 is 2.74 Å². The van der Waals surface area contributed by atoms with E-state index in [1.807, 2.05) is 0 Å². The van der Waals surface area contributed by atoms with Crippen LogP contribution in [0.3, 0.4) is 0 Å². The van der Waals surface area contributed by atoms with Gasteiger partial charge in [0.05, 0.1) is 2.74 Å². The van der Waals surface area contributed by atoms with Crippen molar-refractivity contribution in [3.8, 4) is 0 Å². The first kappa shape index (κ1) is 1.07. The molecule has 0 amide bonds. The van der Waals surface area contributed by atoms with Gasteiger partial charge in [-0.1, -0.05) is 25.3 Å². The highest BCUT2D eigenvalue weighted by Gasteiger charge is 1.29. The Labute approximate surface area is 29.3 Å². The molecule has 0 unspecified atom stereocenters. The lowest BCUT2D eigenvalue weighted by Gasteiger charge is -1.44. The predicted octanol–water partition coefficient (Wildman–Crippen LogP) is 1.36. The van der Waals surface area contributed by atoms with Crippen LogP contribution in [0.1, 0.15) is 2.74 Å². The van der Waals surface area contributed by atoms with Gasteiger partial charge in [-0.25, -0.2) is 0 Å². The van der Waals surface area contributed by atoms with Crippen molar-refractivity contribution >= 4 is 0 Å². The zero-order valence-electron chi connectivity index (χ0n) is 4.41. The maximum atomic E-state index is 6.55. The number of rotatable bonds is 1. The summed E-state index contributed by atoms with van der Waals surface area (Å²) in [4.78, 5) is 0. The molecule has 0 aromatic rings. The van der Waals surface area contributed by atoms with E-state index in [0.717, 1.165) is 0 Å². The molecule has 0 saturated heterocycles. The van der Waals surface area contributed by atoms with E-state index in [2.05, 4.69) is 13.2 Å². The van der Waals surface area contributed by atoms with Crippen LogP contribution in [0.15, 0.2) is 25.3 Å². The minimum Gasteiger partial charge on any atom is -0.0991 e. The quantitative estimate of drug-likeness (QED) is 0.398. The molecular weight excluding hydrogens is 48.0 g/mol. The van der Waals surface area contributed by atoms with Gasteiger partial charge in [-0.15, -0.1) is 0 Å². The Morgan fingerprint density at radius 1 is 1.50 bits per heavy atom. The number of allylic oxidation sites excluding steroid dienone is 2. The zero-order chi connectivity index (χ0) is 5.15. The van der Waals surface area contributed by atoms with Gasteiger partial charge in [-0.05, 0) is 0 Å². The predicted molar refractivity (Wildman–Crippen MR) is 20.4 cm³/mol. The minimum absolute atomic E-state index is 0.0185. The SMILES string of the molecule is [2H]C(=C)C([2H])=C. The molecule has 0 aliphatic carbocycles. The van der Waals surface area contributed by atoms with Gasteiger partial charge in [-0.2, -0.15) is 0 Å². The normalized spacial score (nSPS) is 12.0. The molecular formula is C4H6. The Morgan fingerprint density at radius 2 is 1.75 bits per heavy atom. The summed E-state index contributed by atoms with van der Waals surface area (Å²) in [5, 5.41) is 0. The fraction of sp³-hybridized carbons (Fsp3) is 0. The third kappa shape index (κ3) is 1.48. The van der Waals surface area contributed by atoms with E-state index in [1.165, 1.54) is 0 Å². The molecule has 0 radical (unpaired) electrons.